The molecule has 0 saturated carbocycles. The van der Waals surface area contributed by atoms with Gasteiger partial charge in [-0.2, -0.15) is 0 Å². The third-order valence-electron chi connectivity index (χ3n) is 11.6. The van der Waals surface area contributed by atoms with Gasteiger partial charge in [0.1, 0.15) is 47.6 Å². The number of halogens is 3. The lowest BCUT2D eigenvalue weighted by atomic mass is 10.2. The zero-order chi connectivity index (χ0) is 63.4. The first kappa shape index (κ1) is 69.7. The van der Waals surface area contributed by atoms with Crippen LogP contribution in [0.5, 0.6) is 28.7 Å². The lowest BCUT2D eigenvalue weighted by molar-refractivity contribution is 0.0531. The number of hydrogen-bond donors (Lipinski definition) is 7. The van der Waals surface area contributed by atoms with E-state index >= 15 is 0 Å². The molecule has 0 aliphatic heterocycles. The summed E-state index contributed by atoms with van der Waals surface area (Å²) >= 11 is 13.6. The van der Waals surface area contributed by atoms with E-state index < -0.39 is 11.7 Å². The Kier molecular flexibility index (Phi) is 28.7. The van der Waals surface area contributed by atoms with Gasteiger partial charge in [-0.05, 0) is 137 Å². The number of methoxy groups -OCH3 is 2. The largest absolute Gasteiger partial charge is 0.508 e. The number of nitrogens with two attached hydrogens (primary N) is 1. The number of carbonyl (C=O) groups is 1. The molecule has 0 fully saturated rings. The van der Waals surface area contributed by atoms with E-state index in [1.807, 2.05) is 72.8 Å². The highest BCUT2D eigenvalue weighted by Gasteiger charge is 2.17. The number of ether oxygens (including phenoxy) is 5. The SMILES string of the molecule is CCCNc1nc2ccc(O)cc2s1.CCCNc1nc2ccc(OC)cc2s1.CCCNc1nc2ccc(OC/C(=C/F)CN)cc2s1.CCCNc1nc2ccc(OC/C(=C/F)CNC(=O)OC(C)(C)C)cc2s1.COc1ccc2nc(Cl)sc2c1. The van der Waals surface area contributed by atoms with Crippen molar-refractivity contribution in [1.82, 2.24) is 30.2 Å². The maximum atomic E-state index is 13.1. The second-order valence-corrected chi connectivity index (χ2v) is 25.7. The fourth-order valence-electron chi connectivity index (χ4n) is 7.28. The van der Waals surface area contributed by atoms with Crippen molar-refractivity contribution >= 4 is 146 Å². The van der Waals surface area contributed by atoms with Gasteiger partial charge in [0.05, 0.1) is 78.0 Å². The van der Waals surface area contributed by atoms with Gasteiger partial charge in [-0.25, -0.2) is 38.5 Å². The number of thiazole rings is 5. The monoisotopic (exact) mass is 1320 g/mol. The zero-order valence-corrected chi connectivity index (χ0v) is 55.5. The molecule has 0 radical (unpaired) electrons. The van der Waals surface area contributed by atoms with Crippen molar-refractivity contribution < 1.29 is 42.4 Å². The minimum absolute atomic E-state index is 0.0132. The smallest absolute Gasteiger partial charge is 0.407 e. The van der Waals surface area contributed by atoms with Gasteiger partial charge in [-0.3, -0.25) is 0 Å². The van der Waals surface area contributed by atoms with Crippen LogP contribution in [0.15, 0.2) is 115 Å². The van der Waals surface area contributed by atoms with Crippen LogP contribution < -0.4 is 51.3 Å². The molecule has 0 unspecified atom stereocenters. The van der Waals surface area contributed by atoms with Gasteiger partial charge in [0.2, 0.25) is 0 Å². The van der Waals surface area contributed by atoms with Crippen molar-refractivity contribution in [3.05, 3.63) is 119 Å². The van der Waals surface area contributed by atoms with Crippen molar-refractivity contribution in [2.24, 2.45) is 5.73 Å². The number of alkyl carbamates (subject to hydrolysis) is 1. The third-order valence-corrected chi connectivity index (χ3v) is 16.7. The molecule has 472 valence electrons. The number of carbonyl (C=O) groups excluding carboxylic acids is 1. The Labute approximate surface area is 536 Å². The molecule has 0 bridgehead atoms. The van der Waals surface area contributed by atoms with Crippen molar-refractivity contribution in [3.63, 3.8) is 0 Å². The fourth-order valence-corrected chi connectivity index (χ4v) is 12.0. The Morgan fingerprint density at radius 1 is 0.545 bits per heavy atom. The second-order valence-electron chi connectivity index (χ2n) is 20.0. The molecule has 0 aliphatic carbocycles. The van der Waals surface area contributed by atoms with Gasteiger partial charge in [-0.15, -0.1) is 11.3 Å². The highest BCUT2D eigenvalue weighted by atomic mass is 35.5. The number of benzene rings is 5. The molecule has 5 heterocycles. The Morgan fingerprint density at radius 3 is 1.27 bits per heavy atom. The van der Waals surface area contributed by atoms with Gasteiger partial charge < -0.3 is 61.1 Å². The quantitative estimate of drug-likeness (QED) is 0.0315. The van der Waals surface area contributed by atoms with E-state index in [9.17, 15) is 18.7 Å². The topological polar surface area (TPSA) is 234 Å². The van der Waals surface area contributed by atoms with E-state index in [1.54, 1.807) is 98.5 Å². The van der Waals surface area contributed by atoms with Crippen molar-refractivity contribution in [2.75, 3.05) is 88.0 Å². The van der Waals surface area contributed by atoms with E-state index in [1.165, 1.54) is 11.3 Å². The molecule has 10 rings (SSSR count). The van der Waals surface area contributed by atoms with Gasteiger partial charge in [-0.1, -0.05) is 84.6 Å². The van der Waals surface area contributed by atoms with Crippen LogP contribution in [-0.2, 0) is 4.74 Å². The standard InChI is InChI=1S/C19H26FN3O3S.C14H18FN3OS.C11H14N2OS.C10H12N2OS.C8H6ClNOS/c1-5-8-21-17-23-15-7-6-14(9-16(15)27-17)25-12-13(10-20)11-22-18(24)26-19(2,3)4;1-2-5-17-14-18-12-4-3-11(6-13(12)20-14)19-9-10(7-15)8-16;1-3-6-12-11-13-9-5-4-8(14-2)7-10(9)15-11;1-2-5-11-10-12-8-4-3-7(13)6-9(8)14-10;1-11-5-2-3-6-7(4-5)12-8(9)10-6/h6-7,9-10H,5,8,11-12H2,1-4H3,(H,21,23)(H,22,24);3-4,6-7H,2,5,8-9,16H2,1H3,(H,17,18);4-5,7H,3,6H2,1-2H3,(H,12,13);3-4,6,13H,2,5H2,1H3,(H,11,12);2-4H,1H3/b13-10+;10-7+;;;. The highest BCUT2D eigenvalue weighted by molar-refractivity contribution is 7.23. The van der Waals surface area contributed by atoms with Crippen molar-refractivity contribution in [3.8, 4) is 28.7 Å². The first-order valence-corrected chi connectivity index (χ1v) is 32.8. The van der Waals surface area contributed by atoms with Crippen LogP contribution in [0.25, 0.3) is 51.1 Å². The number of rotatable bonds is 23. The fraction of sp³-hybridized carbons (Fsp3) is 0.355. The summed E-state index contributed by atoms with van der Waals surface area (Å²) in [6, 6.07) is 28.1. The molecule has 5 aromatic heterocycles. The highest BCUT2D eigenvalue weighted by Crippen LogP contribution is 2.33. The molecular formula is C62H76ClF2N11O7S5. The Morgan fingerprint density at radius 2 is 0.898 bits per heavy atom. The lowest BCUT2D eigenvalue weighted by Crippen LogP contribution is -2.34. The second kappa shape index (κ2) is 36.2. The van der Waals surface area contributed by atoms with E-state index in [-0.39, 0.29) is 26.3 Å². The average molecular weight is 1320 g/mol. The van der Waals surface area contributed by atoms with Crippen LogP contribution in [0, 0.1) is 0 Å². The summed E-state index contributed by atoms with van der Waals surface area (Å²) in [7, 11) is 3.32. The van der Waals surface area contributed by atoms with Gasteiger partial charge in [0, 0.05) is 50.4 Å². The molecule has 0 spiro atoms. The third kappa shape index (κ3) is 23.0. The van der Waals surface area contributed by atoms with Crippen molar-refractivity contribution in [1.29, 1.82) is 0 Å². The van der Waals surface area contributed by atoms with E-state index in [0.29, 0.717) is 45.5 Å². The summed E-state index contributed by atoms with van der Waals surface area (Å²) in [6.45, 7) is 17.8. The number of aromatic nitrogens is 5. The van der Waals surface area contributed by atoms with Crippen molar-refractivity contribution in [2.45, 2.75) is 79.8 Å². The molecule has 8 N–H and O–H groups in total. The van der Waals surface area contributed by atoms with Crippen LogP contribution in [0.2, 0.25) is 4.47 Å². The predicted octanol–water partition coefficient (Wildman–Crippen LogP) is 17.1. The maximum Gasteiger partial charge on any atom is 0.407 e. The number of phenols is 1. The summed E-state index contributed by atoms with van der Waals surface area (Å²) in [6.07, 6.45) is 4.62. The first-order chi connectivity index (χ1) is 42.5. The number of hydrogen-bond acceptors (Lipinski definition) is 22. The van der Waals surface area contributed by atoms with Gasteiger partial charge >= 0.3 is 6.09 Å². The summed E-state index contributed by atoms with van der Waals surface area (Å²) < 4.78 is 57.8. The van der Waals surface area contributed by atoms with Crippen LogP contribution in [-0.4, -0.2) is 108 Å². The molecular weight excluding hydrogens is 1240 g/mol. The Balaban J connectivity index is 0.000000181. The minimum Gasteiger partial charge on any atom is -0.508 e. The molecule has 18 nitrogen and oxygen atoms in total. The van der Waals surface area contributed by atoms with Crippen LogP contribution in [0.4, 0.5) is 34.1 Å². The molecule has 10 aromatic rings. The molecule has 0 atom stereocenters. The number of anilines is 4. The molecule has 0 aliphatic rings. The number of fused-ring (bicyclic) bond motifs is 5. The first-order valence-electron chi connectivity index (χ1n) is 28.4. The lowest BCUT2D eigenvalue weighted by Gasteiger charge is -2.20. The number of amides is 1. The van der Waals surface area contributed by atoms with E-state index in [4.69, 9.17) is 41.0 Å². The zero-order valence-electron chi connectivity index (χ0n) is 50.7. The number of nitrogens with one attached hydrogen (secondary N) is 5. The molecule has 88 heavy (non-hydrogen) atoms. The Bertz CT molecular complexity index is 3830. The molecule has 5 aromatic carbocycles. The summed E-state index contributed by atoms with van der Waals surface area (Å²) in [5, 5.41) is 28.5. The van der Waals surface area contributed by atoms with Crippen LogP contribution >= 0.6 is 68.3 Å². The van der Waals surface area contributed by atoms with Crippen LogP contribution in [0.3, 0.4) is 0 Å². The number of aromatic hydroxyl groups is 1. The van der Waals surface area contributed by atoms with Gasteiger partial charge in [0.25, 0.3) is 0 Å². The molecule has 26 heteroatoms. The average Bonchev–Trinajstić information content (AvgIpc) is 4.08. The summed E-state index contributed by atoms with van der Waals surface area (Å²) in [5.74, 6) is 3.32. The predicted molar refractivity (Wildman–Crippen MR) is 366 cm³/mol. The normalized spacial score (nSPS) is 11.3. The number of nitrogens with zero attached hydrogens (tertiary/aromatic N) is 5. The van der Waals surface area contributed by atoms with Gasteiger partial charge in [0.15, 0.2) is 25.0 Å². The molecule has 1 amide bonds. The van der Waals surface area contributed by atoms with E-state index in [0.717, 1.165) is 135 Å². The summed E-state index contributed by atoms with van der Waals surface area (Å²) in [5.41, 5.74) is 10.2. The van der Waals surface area contributed by atoms with Crippen LogP contribution in [0.1, 0.15) is 74.1 Å². The Hall–Kier alpha value is -7.39. The minimum atomic E-state index is -0.602. The maximum absolute atomic E-state index is 13.1. The summed E-state index contributed by atoms with van der Waals surface area (Å²) in [4.78, 5) is 33.6. The van der Waals surface area contributed by atoms with E-state index in [2.05, 4.69) is 79.2 Å². The molecule has 0 saturated heterocycles. The number of phenolic OH excluding ortho intramolecular Hbond substituents is 1.